The minimum absolute atomic E-state index is 0.118. The van der Waals surface area contributed by atoms with E-state index in [0.29, 0.717) is 5.39 Å². The maximum atomic E-state index is 14.3. The summed E-state index contributed by atoms with van der Waals surface area (Å²) in [4.78, 5) is 12.9. The summed E-state index contributed by atoms with van der Waals surface area (Å²) in [6.07, 6.45) is -3.00. The number of nitrogens with two attached hydrogens (primary N) is 1. The van der Waals surface area contributed by atoms with Gasteiger partial charge in [-0.3, -0.25) is 0 Å². The molecule has 140 valence electrons. The number of halogens is 4. The van der Waals surface area contributed by atoms with Gasteiger partial charge in [0.25, 0.3) is 0 Å². The first-order valence-electron chi connectivity index (χ1n) is 8.06. The van der Waals surface area contributed by atoms with Gasteiger partial charge >= 0.3 is 12.1 Å². The molecule has 4 rings (SSSR count). The van der Waals surface area contributed by atoms with Crippen molar-refractivity contribution in [1.29, 1.82) is 0 Å². The van der Waals surface area contributed by atoms with Gasteiger partial charge < -0.3 is 10.5 Å². The zero-order valence-electron chi connectivity index (χ0n) is 14.0. The molecule has 1 aliphatic rings. The molecule has 1 unspecified atom stereocenters. The number of anilines is 1. The van der Waals surface area contributed by atoms with Crippen molar-refractivity contribution in [3.63, 3.8) is 0 Å². The molecule has 1 aromatic heterocycles. The van der Waals surface area contributed by atoms with Gasteiger partial charge in [0.1, 0.15) is 5.52 Å². The van der Waals surface area contributed by atoms with Crippen molar-refractivity contribution >= 4 is 22.6 Å². The van der Waals surface area contributed by atoms with Crippen LogP contribution in [0.25, 0.3) is 10.9 Å². The normalized spacial score (nSPS) is 19.4. The quantitative estimate of drug-likeness (QED) is 0.318. The third kappa shape index (κ3) is 2.23. The SMILES string of the molecule is CCC1(c2ccc(C(F)(F)F)cc2)C(=O)Oc2c(F)cc(N)c3cnn1c23. The van der Waals surface area contributed by atoms with Crippen LogP contribution < -0.4 is 10.5 Å². The molecule has 2 aromatic carbocycles. The van der Waals surface area contributed by atoms with Gasteiger partial charge in [0, 0.05) is 17.1 Å². The Morgan fingerprint density at radius 3 is 2.52 bits per heavy atom. The van der Waals surface area contributed by atoms with E-state index < -0.39 is 29.1 Å². The minimum atomic E-state index is -4.51. The van der Waals surface area contributed by atoms with Crippen molar-refractivity contribution in [2.45, 2.75) is 25.1 Å². The molecule has 0 spiro atoms. The summed E-state index contributed by atoms with van der Waals surface area (Å²) in [5, 5.41) is 4.59. The maximum absolute atomic E-state index is 14.3. The van der Waals surface area contributed by atoms with Crippen LogP contribution in [0.2, 0.25) is 0 Å². The molecule has 1 aliphatic heterocycles. The van der Waals surface area contributed by atoms with Crippen molar-refractivity contribution in [3.05, 3.63) is 53.5 Å². The fourth-order valence-electron chi connectivity index (χ4n) is 3.49. The number of carbonyl (C=O) groups excluding carboxylic acids is 1. The number of carbonyl (C=O) groups is 1. The molecule has 0 bridgehead atoms. The Hall–Kier alpha value is -3.10. The number of ether oxygens (including phenoxy) is 1. The second-order valence-corrected chi connectivity index (χ2v) is 6.27. The third-order valence-corrected chi connectivity index (χ3v) is 4.89. The van der Waals surface area contributed by atoms with Gasteiger partial charge in [-0.1, -0.05) is 19.1 Å². The van der Waals surface area contributed by atoms with E-state index in [4.69, 9.17) is 10.5 Å². The summed E-state index contributed by atoms with van der Waals surface area (Å²) in [6, 6.07) is 5.21. The highest BCUT2D eigenvalue weighted by molar-refractivity contribution is 6.01. The van der Waals surface area contributed by atoms with Gasteiger partial charge in [0.15, 0.2) is 17.1 Å². The third-order valence-electron chi connectivity index (χ3n) is 4.89. The number of nitrogen functional groups attached to an aromatic ring is 1. The van der Waals surface area contributed by atoms with E-state index >= 15 is 0 Å². The van der Waals surface area contributed by atoms with Crippen LogP contribution in [0.3, 0.4) is 0 Å². The van der Waals surface area contributed by atoms with Crippen LogP contribution in [0.5, 0.6) is 5.75 Å². The molecule has 9 heteroatoms. The lowest BCUT2D eigenvalue weighted by atomic mass is 9.85. The number of benzene rings is 2. The average molecular weight is 379 g/mol. The molecule has 0 aliphatic carbocycles. The van der Waals surface area contributed by atoms with E-state index in [1.54, 1.807) is 6.92 Å². The van der Waals surface area contributed by atoms with Crippen LogP contribution in [0, 0.1) is 5.82 Å². The van der Waals surface area contributed by atoms with Crippen molar-refractivity contribution in [1.82, 2.24) is 9.78 Å². The molecule has 2 N–H and O–H groups in total. The van der Waals surface area contributed by atoms with Crippen LogP contribution in [0.15, 0.2) is 36.5 Å². The Bertz CT molecular complexity index is 1070. The Morgan fingerprint density at radius 1 is 1.26 bits per heavy atom. The summed E-state index contributed by atoms with van der Waals surface area (Å²) >= 11 is 0. The molecule has 2 heterocycles. The second kappa shape index (κ2) is 5.45. The molecule has 27 heavy (non-hydrogen) atoms. The minimum Gasteiger partial charge on any atom is -0.419 e. The Balaban J connectivity index is 1.99. The van der Waals surface area contributed by atoms with Crippen molar-refractivity contribution in [2.75, 3.05) is 5.73 Å². The number of esters is 1. The average Bonchev–Trinajstić information content (AvgIpc) is 3.06. The molecule has 5 nitrogen and oxygen atoms in total. The maximum Gasteiger partial charge on any atom is 0.416 e. The molecule has 0 fully saturated rings. The van der Waals surface area contributed by atoms with Crippen molar-refractivity contribution in [2.24, 2.45) is 0 Å². The number of rotatable bonds is 2. The van der Waals surface area contributed by atoms with Gasteiger partial charge in [-0.2, -0.15) is 18.3 Å². The summed E-state index contributed by atoms with van der Waals surface area (Å²) in [5.41, 5.74) is 4.02. The number of hydrogen-bond donors (Lipinski definition) is 1. The molecule has 0 radical (unpaired) electrons. The van der Waals surface area contributed by atoms with E-state index in [2.05, 4.69) is 5.10 Å². The highest BCUT2D eigenvalue weighted by atomic mass is 19.4. The monoisotopic (exact) mass is 379 g/mol. The molecular weight excluding hydrogens is 366 g/mol. The summed E-state index contributed by atoms with van der Waals surface area (Å²) < 4.78 is 59.4. The number of aromatic nitrogens is 2. The first-order valence-corrected chi connectivity index (χ1v) is 8.06. The molecule has 0 saturated carbocycles. The van der Waals surface area contributed by atoms with Crippen molar-refractivity contribution < 1.29 is 27.1 Å². The largest absolute Gasteiger partial charge is 0.419 e. The zero-order chi connectivity index (χ0) is 19.6. The molecule has 0 saturated heterocycles. The smallest absolute Gasteiger partial charge is 0.416 e. The van der Waals surface area contributed by atoms with Gasteiger partial charge in [0.2, 0.25) is 0 Å². The van der Waals surface area contributed by atoms with Crippen LogP contribution >= 0.6 is 0 Å². The van der Waals surface area contributed by atoms with Gasteiger partial charge in [-0.15, -0.1) is 0 Å². The van der Waals surface area contributed by atoms with Gasteiger partial charge in [-0.05, 0) is 24.1 Å². The van der Waals surface area contributed by atoms with Crippen LogP contribution in [-0.4, -0.2) is 15.7 Å². The van der Waals surface area contributed by atoms with Gasteiger partial charge in [0.05, 0.1) is 11.8 Å². The molecule has 0 amide bonds. The summed E-state index contributed by atoms with van der Waals surface area (Å²) in [6.45, 7) is 1.67. The first-order chi connectivity index (χ1) is 12.7. The Labute approximate surface area is 150 Å². The molecule has 3 aromatic rings. The highest BCUT2D eigenvalue weighted by Crippen LogP contribution is 2.44. The first kappa shape index (κ1) is 17.3. The van der Waals surface area contributed by atoms with Crippen molar-refractivity contribution in [3.8, 4) is 5.75 Å². The number of hydrogen-bond acceptors (Lipinski definition) is 4. The fraction of sp³-hybridized carbons (Fsp3) is 0.222. The fourth-order valence-corrected chi connectivity index (χ4v) is 3.49. The van der Waals surface area contributed by atoms with E-state index in [-0.39, 0.29) is 28.9 Å². The Kier molecular flexibility index (Phi) is 3.49. The van der Waals surface area contributed by atoms with E-state index in [0.717, 1.165) is 18.2 Å². The molecular formula is C18H13F4N3O2. The summed E-state index contributed by atoms with van der Waals surface area (Å²) in [5.74, 6) is -1.93. The number of alkyl halides is 3. The number of nitrogens with zero attached hydrogens (tertiary/aromatic N) is 2. The second-order valence-electron chi connectivity index (χ2n) is 6.27. The highest BCUT2D eigenvalue weighted by Gasteiger charge is 2.49. The van der Waals surface area contributed by atoms with Gasteiger partial charge in [-0.25, -0.2) is 13.9 Å². The van der Waals surface area contributed by atoms with E-state index in [9.17, 15) is 22.4 Å². The van der Waals surface area contributed by atoms with Crippen LogP contribution in [0.1, 0.15) is 24.5 Å². The Morgan fingerprint density at radius 2 is 1.93 bits per heavy atom. The predicted molar refractivity (Wildman–Crippen MR) is 88.5 cm³/mol. The lowest BCUT2D eigenvalue weighted by Gasteiger charge is -2.35. The van der Waals surface area contributed by atoms with Crippen LogP contribution in [0.4, 0.5) is 23.2 Å². The van der Waals surface area contributed by atoms with E-state index in [1.807, 2.05) is 0 Å². The zero-order valence-corrected chi connectivity index (χ0v) is 14.0. The summed E-state index contributed by atoms with van der Waals surface area (Å²) in [7, 11) is 0. The molecule has 1 atom stereocenters. The predicted octanol–water partition coefficient (Wildman–Crippen LogP) is 3.85. The topological polar surface area (TPSA) is 70.1 Å². The van der Waals surface area contributed by atoms with E-state index in [1.165, 1.54) is 23.0 Å². The van der Waals surface area contributed by atoms with Crippen LogP contribution in [-0.2, 0) is 16.5 Å². The standard InChI is InChI=1S/C18H13F4N3O2/c1-2-17(9-3-5-10(6-4-9)18(20,21)22)16(26)27-15-12(19)7-13(23)11-8-24-25(17)14(11)15/h3-8H,2,23H2,1H3. The lowest BCUT2D eigenvalue weighted by molar-refractivity contribution is -0.144. The lowest BCUT2D eigenvalue weighted by Crippen LogP contribution is -2.48.